The SMILES string of the molecule is CC(N)c1ccc(OCC(=O)NCCC#N)c(F)c1. The van der Waals surface area contributed by atoms with Crippen LogP contribution in [0.15, 0.2) is 18.2 Å². The average molecular weight is 265 g/mol. The number of nitriles is 1. The molecule has 6 heteroatoms. The van der Waals surface area contributed by atoms with E-state index in [4.69, 9.17) is 15.7 Å². The molecule has 1 amide bonds. The minimum absolute atomic E-state index is 0.000154. The topological polar surface area (TPSA) is 88.1 Å². The van der Waals surface area contributed by atoms with Gasteiger partial charge in [-0.2, -0.15) is 5.26 Å². The van der Waals surface area contributed by atoms with Gasteiger partial charge in [-0.1, -0.05) is 6.07 Å². The van der Waals surface area contributed by atoms with Gasteiger partial charge in [0, 0.05) is 12.6 Å². The van der Waals surface area contributed by atoms with E-state index >= 15 is 0 Å². The Kier molecular flexibility index (Phi) is 5.76. The predicted octanol–water partition coefficient (Wildman–Crippen LogP) is 1.25. The van der Waals surface area contributed by atoms with Gasteiger partial charge in [0.25, 0.3) is 5.91 Å². The highest BCUT2D eigenvalue weighted by Gasteiger charge is 2.09. The van der Waals surface area contributed by atoms with Crippen molar-refractivity contribution < 1.29 is 13.9 Å². The van der Waals surface area contributed by atoms with E-state index in [0.29, 0.717) is 5.56 Å². The molecule has 0 aromatic heterocycles. The highest BCUT2D eigenvalue weighted by atomic mass is 19.1. The number of carbonyl (C=O) groups is 1. The second kappa shape index (κ2) is 7.34. The third kappa shape index (κ3) is 4.94. The van der Waals surface area contributed by atoms with E-state index in [1.807, 2.05) is 6.07 Å². The number of amides is 1. The van der Waals surface area contributed by atoms with Gasteiger partial charge in [-0.25, -0.2) is 4.39 Å². The molecule has 0 aliphatic carbocycles. The van der Waals surface area contributed by atoms with Crippen LogP contribution in [0.4, 0.5) is 4.39 Å². The lowest BCUT2D eigenvalue weighted by Gasteiger charge is -2.10. The van der Waals surface area contributed by atoms with Crippen molar-refractivity contribution in [3.05, 3.63) is 29.6 Å². The molecule has 5 nitrogen and oxygen atoms in total. The number of ether oxygens (including phenoxy) is 1. The van der Waals surface area contributed by atoms with Gasteiger partial charge in [0.1, 0.15) is 0 Å². The molecule has 1 atom stereocenters. The zero-order valence-corrected chi connectivity index (χ0v) is 10.6. The average Bonchev–Trinajstić information content (AvgIpc) is 2.37. The summed E-state index contributed by atoms with van der Waals surface area (Å²) < 4.78 is 18.7. The fourth-order valence-electron chi connectivity index (χ4n) is 1.37. The molecule has 1 aromatic rings. The van der Waals surface area contributed by atoms with Crippen LogP contribution in [-0.4, -0.2) is 19.1 Å². The van der Waals surface area contributed by atoms with E-state index in [1.54, 1.807) is 13.0 Å². The van der Waals surface area contributed by atoms with Gasteiger partial charge in [0.2, 0.25) is 0 Å². The number of nitrogens with two attached hydrogens (primary N) is 1. The van der Waals surface area contributed by atoms with Crippen molar-refractivity contribution in [3.8, 4) is 11.8 Å². The quantitative estimate of drug-likeness (QED) is 0.758. The standard InChI is InChI=1S/C13H16FN3O2/c1-9(16)10-3-4-12(11(14)7-10)19-8-13(18)17-6-2-5-15/h3-4,7,9H,2,6,8,16H2,1H3,(H,17,18). The Hall–Kier alpha value is -2.13. The fourth-order valence-corrected chi connectivity index (χ4v) is 1.37. The molecule has 0 aliphatic heterocycles. The summed E-state index contributed by atoms with van der Waals surface area (Å²) >= 11 is 0. The fraction of sp³-hybridized carbons (Fsp3) is 0.385. The Balaban J connectivity index is 2.50. The van der Waals surface area contributed by atoms with Crippen LogP contribution in [0.3, 0.4) is 0 Å². The molecule has 1 rings (SSSR count). The first kappa shape index (κ1) is 14.9. The minimum Gasteiger partial charge on any atom is -0.481 e. The summed E-state index contributed by atoms with van der Waals surface area (Å²) in [6.07, 6.45) is 0.225. The van der Waals surface area contributed by atoms with Crippen molar-refractivity contribution in [3.63, 3.8) is 0 Å². The van der Waals surface area contributed by atoms with Gasteiger partial charge >= 0.3 is 0 Å². The largest absolute Gasteiger partial charge is 0.481 e. The predicted molar refractivity (Wildman–Crippen MR) is 67.7 cm³/mol. The monoisotopic (exact) mass is 265 g/mol. The number of hydrogen-bond donors (Lipinski definition) is 2. The zero-order chi connectivity index (χ0) is 14.3. The Morgan fingerprint density at radius 1 is 1.63 bits per heavy atom. The molecule has 3 N–H and O–H groups in total. The van der Waals surface area contributed by atoms with E-state index in [1.165, 1.54) is 12.1 Å². The van der Waals surface area contributed by atoms with E-state index in [-0.39, 0.29) is 31.4 Å². The number of halogens is 1. The highest BCUT2D eigenvalue weighted by Crippen LogP contribution is 2.20. The number of carbonyl (C=O) groups excluding carboxylic acids is 1. The first-order chi connectivity index (χ1) is 9.04. The van der Waals surface area contributed by atoms with Crippen LogP contribution in [0.1, 0.15) is 24.9 Å². The molecule has 1 unspecified atom stereocenters. The molecule has 0 bridgehead atoms. The van der Waals surface area contributed by atoms with Gasteiger partial charge in [-0.3, -0.25) is 4.79 Å². The van der Waals surface area contributed by atoms with E-state index in [0.717, 1.165) is 0 Å². The van der Waals surface area contributed by atoms with Gasteiger partial charge in [0.05, 0.1) is 12.5 Å². The maximum atomic E-state index is 13.6. The first-order valence-corrected chi connectivity index (χ1v) is 5.86. The second-order valence-corrected chi connectivity index (χ2v) is 4.03. The molecule has 0 aliphatic rings. The van der Waals surface area contributed by atoms with Crippen LogP contribution in [0.5, 0.6) is 5.75 Å². The third-order valence-electron chi connectivity index (χ3n) is 2.40. The molecule has 1 aromatic carbocycles. The van der Waals surface area contributed by atoms with E-state index < -0.39 is 11.7 Å². The maximum Gasteiger partial charge on any atom is 0.257 e. The minimum atomic E-state index is -0.556. The summed E-state index contributed by atoms with van der Waals surface area (Å²) in [5.74, 6) is -0.953. The summed E-state index contributed by atoms with van der Waals surface area (Å²) in [5.41, 5.74) is 6.28. The highest BCUT2D eigenvalue weighted by molar-refractivity contribution is 5.77. The first-order valence-electron chi connectivity index (χ1n) is 5.86. The van der Waals surface area contributed by atoms with Crippen LogP contribution < -0.4 is 15.8 Å². The molecule has 0 saturated carbocycles. The normalized spacial score (nSPS) is 11.5. The summed E-state index contributed by atoms with van der Waals surface area (Å²) in [6.45, 7) is 1.71. The van der Waals surface area contributed by atoms with Crippen molar-refractivity contribution in [2.75, 3.05) is 13.2 Å². The Labute approximate surface area is 111 Å². The maximum absolute atomic E-state index is 13.6. The van der Waals surface area contributed by atoms with Gasteiger partial charge in [-0.15, -0.1) is 0 Å². The molecule has 0 spiro atoms. The Bertz CT molecular complexity index is 483. The van der Waals surface area contributed by atoms with Gasteiger partial charge in [0.15, 0.2) is 18.2 Å². The van der Waals surface area contributed by atoms with Crippen LogP contribution in [-0.2, 0) is 4.79 Å². The van der Waals surface area contributed by atoms with Crippen molar-refractivity contribution in [1.82, 2.24) is 5.32 Å². The number of benzene rings is 1. The molecular formula is C13H16FN3O2. The van der Waals surface area contributed by atoms with E-state index in [9.17, 15) is 9.18 Å². The lowest BCUT2D eigenvalue weighted by Crippen LogP contribution is -2.29. The molecule has 0 saturated heterocycles. The van der Waals surface area contributed by atoms with E-state index in [2.05, 4.69) is 5.32 Å². The smallest absolute Gasteiger partial charge is 0.257 e. The molecule has 0 radical (unpaired) electrons. The Morgan fingerprint density at radius 2 is 2.37 bits per heavy atom. The van der Waals surface area contributed by atoms with Crippen molar-refractivity contribution >= 4 is 5.91 Å². The van der Waals surface area contributed by atoms with Crippen molar-refractivity contribution in [1.29, 1.82) is 5.26 Å². The molecular weight excluding hydrogens is 249 g/mol. The lowest BCUT2D eigenvalue weighted by atomic mass is 10.1. The van der Waals surface area contributed by atoms with Crippen molar-refractivity contribution in [2.24, 2.45) is 5.73 Å². The number of nitrogens with zero attached hydrogens (tertiary/aromatic N) is 1. The van der Waals surface area contributed by atoms with Crippen LogP contribution in [0, 0.1) is 17.1 Å². The molecule has 102 valence electrons. The van der Waals surface area contributed by atoms with Crippen LogP contribution >= 0.6 is 0 Å². The number of hydrogen-bond acceptors (Lipinski definition) is 4. The number of nitrogens with one attached hydrogen (secondary N) is 1. The Morgan fingerprint density at radius 3 is 2.95 bits per heavy atom. The summed E-state index contributed by atoms with van der Waals surface area (Å²) in [4.78, 5) is 11.3. The number of rotatable bonds is 6. The van der Waals surface area contributed by atoms with Gasteiger partial charge in [-0.05, 0) is 24.6 Å². The molecule has 0 heterocycles. The second-order valence-electron chi connectivity index (χ2n) is 4.03. The zero-order valence-electron chi connectivity index (χ0n) is 10.6. The van der Waals surface area contributed by atoms with Gasteiger partial charge < -0.3 is 15.8 Å². The molecule has 0 fully saturated rings. The van der Waals surface area contributed by atoms with Crippen LogP contribution in [0.25, 0.3) is 0 Å². The third-order valence-corrected chi connectivity index (χ3v) is 2.40. The van der Waals surface area contributed by atoms with Crippen LogP contribution in [0.2, 0.25) is 0 Å². The lowest BCUT2D eigenvalue weighted by molar-refractivity contribution is -0.123. The van der Waals surface area contributed by atoms with Crippen molar-refractivity contribution in [2.45, 2.75) is 19.4 Å². The molecule has 19 heavy (non-hydrogen) atoms. The summed E-state index contributed by atoms with van der Waals surface area (Å²) in [6, 6.07) is 6.01. The summed E-state index contributed by atoms with van der Waals surface area (Å²) in [5, 5.41) is 10.8. The summed E-state index contributed by atoms with van der Waals surface area (Å²) in [7, 11) is 0.